The minimum atomic E-state index is -2.74. The number of hydrogen-bond acceptors (Lipinski definition) is 3. The second kappa shape index (κ2) is 6.99. The topological polar surface area (TPSA) is 39.2 Å². The number of carbonyl (C=O) groups is 1. The van der Waals surface area contributed by atoms with E-state index < -0.39 is 12.4 Å². The normalized spacial score (nSPS) is 10.8. The molecule has 0 aliphatic heterocycles. The van der Waals surface area contributed by atoms with Crippen LogP contribution in [0.5, 0.6) is 0 Å². The first kappa shape index (κ1) is 15.3. The summed E-state index contributed by atoms with van der Waals surface area (Å²) in [6.07, 6.45) is -1.58. The van der Waals surface area contributed by atoms with E-state index >= 15 is 0 Å². The highest BCUT2D eigenvalue weighted by Gasteiger charge is 2.21. The molecule has 18 heavy (non-hydrogen) atoms. The maximum Gasteiger partial charge on any atom is 0.310 e. The zero-order valence-electron chi connectivity index (χ0n) is 9.55. The highest BCUT2D eigenvalue weighted by atomic mass is 79.9. The minimum absolute atomic E-state index is 0.123. The molecule has 0 N–H and O–H groups in total. The van der Waals surface area contributed by atoms with Gasteiger partial charge in [-0.15, -0.1) is 0 Å². The molecule has 0 saturated heterocycles. The fourth-order valence-electron chi connectivity index (χ4n) is 1.40. The van der Waals surface area contributed by atoms with Crippen molar-refractivity contribution >= 4 is 33.5 Å². The first-order chi connectivity index (χ1) is 8.51. The highest BCUT2D eigenvalue weighted by molar-refractivity contribution is 9.08. The number of alkyl halides is 3. The Morgan fingerprint density at radius 2 is 2.28 bits per heavy atom. The van der Waals surface area contributed by atoms with Gasteiger partial charge in [0.05, 0.1) is 29.3 Å². The average Bonchev–Trinajstić information content (AvgIpc) is 2.31. The molecule has 0 bridgehead atoms. The molecule has 100 valence electrons. The smallest absolute Gasteiger partial charge is 0.310 e. The van der Waals surface area contributed by atoms with E-state index in [4.69, 9.17) is 16.3 Å². The monoisotopic (exact) mass is 341 g/mol. The average molecular weight is 343 g/mol. The van der Waals surface area contributed by atoms with Crippen molar-refractivity contribution in [2.24, 2.45) is 0 Å². The van der Waals surface area contributed by atoms with Crippen LogP contribution in [0.2, 0.25) is 5.02 Å². The van der Waals surface area contributed by atoms with Crippen LogP contribution in [0.1, 0.15) is 30.2 Å². The second-order valence-electron chi connectivity index (χ2n) is 3.37. The Labute approximate surface area is 117 Å². The number of esters is 1. The van der Waals surface area contributed by atoms with Crippen LogP contribution in [0.25, 0.3) is 0 Å². The van der Waals surface area contributed by atoms with Crippen molar-refractivity contribution < 1.29 is 18.3 Å². The standard InChI is InChI=1S/C11H11BrClF2NO2/c1-2-18-8(17)3-6-5-16-7(4-12)9(10(6)13)11(14)15/h5,11H,2-4H2,1H3. The second-order valence-corrected chi connectivity index (χ2v) is 4.31. The molecule has 0 aliphatic carbocycles. The molecule has 0 radical (unpaired) electrons. The predicted molar refractivity (Wildman–Crippen MR) is 67.2 cm³/mol. The van der Waals surface area contributed by atoms with Crippen molar-refractivity contribution in [2.75, 3.05) is 6.61 Å². The van der Waals surface area contributed by atoms with Crippen molar-refractivity contribution in [1.29, 1.82) is 0 Å². The fourth-order valence-corrected chi connectivity index (χ4v) is 2.15. The van der Waals surface area contributed by atoms with Crippen LogP contribution < -0.4 is 0 Å². The molecule has 3 nitrogen and oxygen atoms in total. The third kappa shape index (κ3) is 3.62. The van der Waals surface area contributed by atoms with Crippen LogP contribution in [0.3, 0.4) is 0 Å². The zero-order valence-corrected chi connectivity index (χ0v) is 11.9. The number of carbonyl (C=O) groups excluding carboxylic acids is 1. The lowest BCUT2D eigenvalue weighted by Crippen LogP contribution is -2.10. The van der Waals surface area contributed by atoms with Gasteiger partial charge in [-0.25, -0.2) is 8.78 Å². The Bertz CT molecular complexity index is 443. The summed E-state index contributed by atoms with van der Waals surface area (Å²) in [5, 5.41) is 0.0500. The molecule has 0 fully saturated rings. The molecule has 7 heteroatoms. The van der Waals surface area contributed by atoms with Gasteiger partial charge < -0.3 is 4.74 Å². The van der Waals surface area contributed by atoms with Crippen LogP contribution in [0.4, 0.5) is 8.78 Å². The maximum absolute atomic E-state index is 12.9. The molecule has 0 unspecified atom stereocenters. The van der Waals surface area contributed by atoms with E-state index in [2.05, 4.69) is 20.9 Å². The van der Waals surface area contributed by atoms with Crippen LogP contribution in [0, 0.1) is 0 Å². The summed E-state index contributed by atoms with van der Waals surface area (Å²) in [5.41, 5.74) is 0.0769. The summed E-state index contributed by atoms with van der Waals surface area (Å²) >= 11 is 8.95. The quantitative estimate of drug-likeness (QED) is 0.605. The van der Waals surface area contributed by atoms with Gasteiger partial charge in [-0.3, -0.25) is 9.78 Å². The lowest BCUT2D eigenvalue weighted by Gasteiger charge is -2.11. The van der Waals surface area contributed by atoms with Crippen LogP contribution >= 0.6 is 27.5 Å². The van der Waals surface area contributed by atoms with E-state index in [0.717, 1.165) is 0 Å². The summed E-state index contributed by atoms with van der Waals surface area (Å²) in [7, 11) is 0. The SMILES string of the molecule is CCOC(=O)Cc1cnc(CBr)c(C(F)F)c1Cl. The Kier molecular flexibility index (Phi) is 5.95. The summed E-state index contributed by atoms with van der Waals surface area (Å²) in [6.45, 7) is 1.89. The lowest BCUT2D eigenvalue weighted by atomic mass is 10.1. The lowest BCUT2D eigenvalue weighted by molar-refractivity contribution is -0.142. The Balaban J connectivity index is 3.08. The van der Waals surface area contributed by atoms with Crippen molar-refractivity contribution in [3.05, 3.63) is 28.0 Å². The molecule has 0 aromatic carbocycles. The van der Waals surface area contributed by atoms with Crippen molar-refractivity contribution in [3.8, 4) is 0 Å². The van der Waals surface area contributed by atoms with E-state index in [9.17, 15) is 13.6 Å². The molecular weight excluding hydrogens is 331 g/mol. The van der Waals surface area contributed by atoms with Crippen LogP contribution in [0.15, 0.2) is 6.20 Å². The largest absolute Gasteiger partial charge is 0.466 e. The van der Waals surface area contributed by atoms with Gasteiger partial charge in [0, 0.05) is 17.1 Å². The number of hydrogen-bond donors (Lipinski definition) is 0. The van der Waals surface area contributed by atoms with E-state index in [-0.39, 0.29) is 40.2 Å². The number of ether oxygens (including phenoxy) is 1. The van der Waals surface area contributed by atoms with E-state index in [0.29, 0.717) is 0 Å². The first-order valence-corrected chi connectivity index (χ1v) is 6.67. The van der Waals surface area contributed by atoms with Gasteiger partial charge >= 0.3 is 5.97 Å². The predicted octanol–water partition coefficient (Wildman–Crippen LogP) is 3.67. The van der Waals surface area contributed by atoms with E-state index in [1.54, 1.807) is 6.92 Å². The van der Waals surface area contributed by atoms with Crippen LogP contribution in [-0.2, 0) is 21.3 Å². The Morgan fingerprint density at radius 1 is 1.61 bits per heavy atom. The molecule has 1 heterocycles. The third-order valence-electron chi connectivity index (χ3n) is 2.19. The number of pyridine rings is 1. The van der Waals surface area contributed by atoms with Crippen molar-refractivity contribution in [3.63, 3.8) is 0 Å². The summed E-state index contributed by atoms with van der Waals surface area (Å²) in [4.78, 5) is 15.2. The molecule has 1 aromatic heterocycles. The van der Waals surface area contributed by atoms with E-state index in [1.165, 1.54) is 6.20 Å². The van der Waals surface area contributed by atoms with Gasteiger partial charge in [0.1, 0.15) is 0 Å². The zero-order chi connectivity index (χ0) is 13.7. The van der Waals surface area contributed by atoms with Gasteiger partial charge in [0.15, 0.2) is 0 Å². The number of aromatic nitrogens is 1. The third-order valence-corrected chi connectivity index (χ3v) is 3.17. The molecule has 0 atom stereocenters. The molecule has 0 aliphatic rings. The molecular formula is C11H11BrClF2NO2. The number of nitrogens with zero attached hydrogens (tertiary/aromatic N) is 1. The molecule has 0 amide bonds. The van der Waals surface area contributed by atoms with E-state index in [1.807, 2.05) is 0 Å². The van der Waals surface area contributed by atoms with Gasteiger partial charge in [-0.05, 0) is 6.92 Å². The number of halogens is 4. The van der Waals surface area contributed by atoms with Crippen molar-refractivity contribution in [2.45, 2.75) is 25.1 Å². The molecule has 0 spiro atoms. The molecule has 0 saturated carbocycles. The van der Waals surface area contributed by atoms with Gasteiger partial charge in [0.2, 0.25) is 0 Å². The van der Waals surface area contributed by atoms with Gasteiger partial charge in [0.25, 0.3) is 6.43 Å². The first-order valence-electron chi connectivity index (χ1n) is 5.17. The minimum Gasteiger partial charge on any atom is -0.466 e. The van der Waals surface area contributed by atoms with Gasteiger partial charge in [-0.1, -0.05) is 27.5 Å². The Hall–Kier alpha value is -0.750. The van der Waals surface area contributed by atoms with Crippen molar-refractivity contribution in [1.82, 2.24) is 4.98 Å². The maximum atomic E-state index is 12.9. The molecule has 1 aromatic rings. The summed E-state index contributed by atoms with van der Waals surface area (Å²) in [5.74, 6) is -0.520. The highest BCUT2D eigenvalue weighted by Crippen LogP contribution is 2.33. The molecule has 1 rings (SSSR count). The summed E-state index contributed by atoms with van der Waals surface area (Å²) in [6, 6.07) is 0. The fraction of sp³-hybridized carbons (Fsp3) is 0.455. The van der Waals surface area contributed by atoms with Crippen LogP contribution in [-0.4, -0.2) is 17.6 Å². The van der Waals surface area contributed by atoms with Gasteiger partial charge in [-0.2, -0.15) is 0 Å². The Morgan fingerprint density at radius 3 is 2.78 bits per heavy atom. The number of rotatable bonds is 5. The summed E-state index contributed by atoms with van der Waals surface area (Å²) < 4.78 is 30.5.